The third-order valence-electron chi connectivity index (χ3n) is 4.31. The summed E-state index contributed by atoms with van der Waals surface area (Å²) in [6, 6.07) is 6.84. The Morgan fingerprint density at radius 1 is 0.778 bits per heavy atom. The normalized spacial score (nSPS) is 15.1. The average molecular weight is 469 g/mol. The number of nitrogens with zero attached hydrogens (tertiary/aromatic N) is 2. The summed E-state index contributed by atoms with van der Waals surface area (Å²) in [5.74, 6) is -0.575. The number of benzene rings is 1. The summed E-state index contributed by atoms with van der Waals surface area (Å²) in [6.07, 6.45) is 0. The van der Waals surface area contributed by atoms with Gasteiger partial charge in [0.2, 0.25) is 0 Å². The molecule has 0 N–H and O–H groups in total. The van der Waals surface area contributed by atoms with Gasteiger partial charge in [-0.1, -0.05) is 67.1 Å². The maximum atomic E-state index is 12.6. The molecule has 4 heterocycles. The molecule has 0 unspecified atom stereocenters. The SMILES string of the molecule is O=C1c2ccccc2C(=O)N1CCN1c2c(ssc2=O)Sc2ssc(=S)c21. The zero-order chi connectivity index (χ0) is 18.7. The summed E-state index contributed by atoms with van der Waals surface area (Å²) < 4.78 is 2.73. The summed E-state index contributed by atoms with van der Waals surface area (Å²) in [4.78, 5) is 40.8. The van der Waals surface area contributed by atoms with Crippen LogP contribution in [0.5, 0.6) is 0 Å². The monoisotopic (exact) mass is 468 g/mol. The first kappa shape index (κ1) is 17.7. The first-order valence-corrected chi connectivity index (χ1v) is 13.3. The highest BCUT2D eigenvalue weighted by Crippen LogP contribution is 2.54. The van der Waals surface area contributed by atoms with Gasteiger partial charge >= 0.3 is 0 Å². The Morgan fingerprint density at radius 2 is 1.37 bits per heavy atom. The van der Waals surface area contributed by atoms with Crippen LogP contribution in [0.15, 0.2) is 37.5 Å². The van der Waals surface area contributed by atoms with E-state index in [0.717, 1.165) is 17.9 Å². The van der Waals surface area contributed by atoms with Crippen molar-refractivity contribution in [3.05, 3.63) is 48.8 Å². The van der Waals surface area contributed by atoms with Gasteiger partial charge in [0.05, 0.1) is 16.8 Å². The molecule has 2 amide bonds. The number of imide groups is 1. The van der Waals surface area contributed by atoms with E-state index in [1.54, 1.807) is 46.4 Å². The smallest absolute Gasteiger partial charge is 0.267 e. The van der Waals surface area contributed by atoms with Crippen LogP contribution in [-0.4, -0.2) is 29.8 Å². The molecule has 1 aromatic carbocycles. The number of hydrogen-bond acceptors (Lipinski definition) is 10. The van der Waals surface area contributed by atoms with Crippen LogP contribution in [0.2, 0.25) is 0 Å². The van der Waals surface area contributed by atoms with E-state index in [4.69, 9.17) is 12.2 Å². The minimum atomic E-state index is -0.287. The molecule has 2 aromatic heterocycles. The van der Waals surface area contributed by atoms with Crippen LogP contribution in [0.1, 0.15) is 20.7 Å². The fraction of sp³-hybridized carbons (Fsp3) is 0.125. The molecular formula is C16H8N2O3S6. The van der Waals surface area contributed by atoms with Gasteiger partial charge < -0.3 is 4.90 Å². The van der Waals surface area contributed by atoms with Gasteiger partial charge in [-0.25, -0.2) is 0 Å². The standard InChI is InChI=1S/C16H8N2O3S6/c19-11-7-3-1-2-4-8(7)12(20)18(11)6-5-17-9-13(21)24-26-15(9)23-16-10(17)14(22)25-27-16/h1-4H,5-6H2. The van der Waals surface area contributed by atoms with E-state index in [0.29, 0.717) is 23.4 Å². The maximum Gasteiger partial charge on any atom is 0.267 e. The molecular weight excluding hydrogens is 461 g/mol. The topological polar surface area (TPSA) is 57.7 Å². The van der Waals surface area contributed by atoms with Crippen molar-refractivity contribution in [1.82, 2.24) is 4.90 Å². The predicted molar refractivity (Wildman–Crippen MR) is 114 cm³/mol. The van der Waals surface area contributed by atoms with Gasteiger partial charge in [0.1, 0.15) is 17.9 Å². The second-order valence-corrected chi connectivity index (χ2v) is 12.2. The van der Waals surface area contributed by atoms with Gasteiger partial charge in [0.25, 0.3) is 16.6 Å². The molecule has 136 valence electrons. The summed E-state index contributed by atoms with van der Waals surface area (Å²) in [5, 5.41) is 0. The summed E-state index contributed by atoms with van der Waals surface area (Å²) in [7, 11) is 5.76. The van der Waals surface area contributed by atoms with Crippen molar-refractivity contribution in [2.45, 2.75) is 8.42 Å². The predicted octanol–water partition coefficient (Wildman–Crippen LogP) is 4.92. The van der Waals surface area contributed by atoms with Crippen molar-refractivity contribution in [2.75, 3.05) is 18.0 Å². The van der Waals surface area contributed by atoms with Crippen molar-refractivity contribution < 1.29 is 9.59 Å². The van der Waals surface area contributed by atoms with E-state index in [-0.39, 0.29) is 23.1 Å². The van der Waals surface area contributed by atoms with Gasteiger partial charge in [-0.15, -0.1) is 0 Å². The molecule has 2 aliphatic heterocycles. The molecule has 0 saturated heterocycles. The molecule has 0 fully saturated rings. The summed E-state index contributed by atoms with van der Waals surface area (Å²) in [6.45, 7) is 0.545. The van der Waals surface area contributed by atoms with E-state index < -0.39 is 0 Å². The number of rotatable bonds is 3. The fourth-order valence-corrected chi connectivity index (χ4v) is 10.3. The van der Waals surface area contributed by atoms with Crippen LogP contribution in [0.4, 0.5) is 11.4 Å². The Kier molecular flexibility index (Phi) is 4.33. The molecule has 0 aliphatic carbocycles. The Hall–Kier alpha value is -1.37. The molecule has 0 spiro atoms. The summed E-state index contributed by atoms with van der Waals surface area (Å²) in [5.41, 5.74) is 2.34. The Balaban J connectivity index is 1.49. The molecule has 2 aliphatic rings. The van der Waals surface area contributed by atoms with Crippen LogP contribution < -0.4 is 9.64 Å². The fourth-order valence-electron chi connectivity index (χ4n) is 3.11. The number of carbonyl (C=O) groups is 2. The Bertz CT molecular complexity index is 1130. The summed E-state index contributed by atoms with van der Waals surface area (Å²) >= 11 is 7.06. The van der Waals surface area contributed by atoms with E-state index in [1.807, 2.05) is 4.90 Å². The molecule has 0 radical (unpaired) electrons. The van der Waals surface area contributed by atoms with E-state index in [9.17, 15) is 14.4 Å². The third kappa shape index (κ3) is 2.68. The molecule has 11 heteroatoms. The molecule has 5 rings (SSSR count). The second kappa shape index (κ2) is 6.61. The van der Waals surface area contributed by atoms with Crippen LogP contribution in [0.3, 0.4) is 0 Å². The van der Waals surface area contributed by atoms with Gasteiger partial charge in [-0.3, -0.25) is 19.3 Å². The molecule has 0 atom stereocenters. The highest BCUT2D eigenvalue weighted by molar-refractivity contribution is 8.06. The number of carbonyl (C=O) groups excluding carboxylic acids is 2. The maximum absolute atomic E-state index is 12.6. The number of hydrogen-bond donors (Lipinski definition) is 0. The Labute approximate surface area is 177 Å². The molecule has 0 saturated carbocycles. The molecule has 5 nitrogen and oxygen atoms in total. The lowest BCUT2D eigenvalue weighted by Crippen LogP contribution is -2.38. The highest BCUT2D eigenvalue weighted by atomic mass is 32.9. The zero-order valence-corrected chi connectivity index (χ0v) is 18.2. The van der Waals surface area contributed by atoms with Gasteiger partial charge in [-0.2, -0.15) is 0 Å². The van der Waals surface area contributed by atoms with Crippen LogP contribution in [-0.2, 0) is 0 Å². The van der Waals surface area contributed by atoms with Gasteiger partial charge in [-0.05, 0) is 22.5 Å². The van der Waals surface area contributed by atoms with Crippen molar-refractivity contribution >= 4 is 88.5 Å². The minimum Gasteiger partial charge on any atom is -0.331 e. The number of fused-ring (bicyclic) bond motifs is 3. The lowest BCUT2D eigenvalue weighted by Gasteiger charge is -2.28. The minimum absolute atomic E-state index is 0.0129. The largest absolute Gasteiger partial charge is 0.331 e. The zero-order valence-electron chi connectivity index (χ0n) is 13.3. The first-order valence-electron chi connectivity index (χ1n) is 7.73. The molecule has 0 bridgehead atoms. The van der Waals surface area contributed by atoms with E-state index >= 15 is 0 Å². The second-order valence-electron chi connectivity index (χ2n) is 5.74. The van der Waals surface area contributed by atoms with Crippen molar-refractivity contribution in [1.29, 1.82) is 0 Å². The van der Waals surface area contributed by atoms with Gasteiger partial charge in [0.15, 0.2) is 0 Å². The van der Waals surface area contributed by atoms with E-state index in [2.05, 4.69) is 0 Å². The van der Waals surface area contributed by atoms with E-state index in [1.165, 1.54) is 35.9 Å². The van der Waals surface area contributed by atoms with Crippen LogP contribution >= 0.6 is 65.3 Å². The van der Waals surface area contributed by atoms with Crippen molar-refractivity contribution in [2.24, 2.45) is 0 Å². The first-order chi connectivity index (χ1) is 13.1. The number of anilines is 2. The molecule has 27 heavy (non-hydrogen) atoms. The molecule has 3 aromatic rings. The van der Waals surface area contributed by atoms with Crippen LogP contribution in [0, 0.1) is 3.82 Å². The van der Waals surface area contributed by atoms with Crippen molar-refractivity contribution in [3.63, 3.8) is 0 Å². The lowest BCUT2D eigenvalue weighted by molar-refractivity contribution is 0.0659. The Morgan fingerprint density at radius 3 is 2.07 bits per heavy atom. The van der Waals surface area contributed by atoms with Crippen molar-refractivity contribution in [3.8, 4) is 0 Å². The third-order valence-corrected chi connectivity index (χ3v) is 11.5. The number of amides is 2. The highest BCUT2D eigenvalue weighted by Gasteiger charge is 2.37. The lowest BCUT2D eigenvalue weighted by atomic mass is 10.1. The van der Waals surface area contributed by atoms with Crippen LogP contribution in [0.25, 0.3) is 0 Å². The van der Waals surface area contributed by atoms with Gasteiger partial charge in [0, 0.05) is 13.1 Å². The quantitative estimate of drug-likeness (QED) is 0.309. The average Bonchev–Trinajstić information content (AvgIpc) is 3.30.